The van der Waals surface area contributed by atoms with Gasteiger partial charge < -0.3 is 19.9 Å². The fraction of sp³-hybridized carbons (Fsp3) is 0.261. The fourth-order valence-electron chi connectivity index (χ4n) is 3.41. The number of hydrogen-bond acceptors (Lipinski definition) is 6. The number of anilines is 1. The molecule has 2 aromatic heterocycles. The molecule has 0 radical (unpaired) electrons. The minimum absolute atomic E-state index is 0.0222. The Morgan fingerprint density at radius 2 is 1.87 bits per heavy atom. The molecule has 4 rings (SSSR count). The lowest BCUT2D eigenvalue weighted by Crippen LogP contribution is -2.24. The van der Waals surface area contributed by atoms with Crippen LogP contribution in [-0.2, 0) is 0 Å². The molecular weight excluding hydrogens is 376 g/mol. The minimum atomic E-state index is -0.0222. The highest BCUT2D eigenvalue weighted by atomic mass is 16.3. The molecule has 30 heavy (non-hydrogen) atoms. The van der Waals surface area contributed by atoms with Crippen molar-refractivity contribution in [3.05, 3.63) is 53.9 Å². The van der Waals surface area contributed by atoms with Gasteiger partial charge in [-0.2, -0.15) is 4.98 Å². The summed E-state index contributed by atoms with van der Waals surface area (Å²) >= 11 is 0. The van der Waals surface area contributed by atoms with Gasteiger partial charge in [-0.15, -0.1) is 0 Å². The van der Waals surface area contributed by atoms with Gasteiger partial charge >= 0.3 is 0 Å². The largest absolute Gasteiger partial charge is 0.492 e. The molecule has 154 valence electrons. The van der Waals surface area contributed by atoms with Crippen LogP contribution < -0.4 is 4.90 Å². The molecule has 7 nitrogen and oxygen atoms in total. The maximum atomic E-state index is 10.4. The van der Waals surface area contributed by atoms with Crippen LogP contribution in [0.15, 0.2) is 47.6 Å². The van der Waals surface area contributed by atoms with Gasteiger partial charge in [0.05, 0.1) is 0 Å². The van der Waals surface area contributed by atoms with E-state index >= 15 is 0 Å². The third-order valence-corrected chi connectivity index (χ3v) is 5.07. The zero-order valence-corrected chi connectivity index (χ0v) is 17.5. The van der Waals surface area contributed by atoms with Gasteiger partial charge in [-0.1, -0.05) is 30.3 Å². The van der Waals surface area contributed by atoms with Crippen molar-refractivity contribution in [3.8, 4) is 17.0 Å². The van der Waals surface area contributed by atoms with Crippen LogP contribution in [0.1, 0.15) is 17.7 Å². The van der Waals surface area contributed by atoms with Crippen molar-refractivity contribution in [2.45, 2.75) is 6.42 Å². The number of aliphatic imine (C=N–C) groups is 1. The van der Waals surface area contributed by atoms with E-state index in [4.69, 9.17) is 0 Å². The van der Waals surface area contributed by atoms with Crippen molar-refractivity contribution in [2.75, 3.05) is 39.1 Å². The number of benzene rings is 1. The molecule has 1 aliphatic heterocycles. The average Bonchev–Trinajstić information content (AvgIpc) is 3.32. The Labute approximate surface area is 176 Å². The average molecular weight is 403 g/mol. The molecule has 3 aromatic rings. The third kappa shape index (κ3) is 4.26. The van der Waals surface area contributed by atoms with E-state index in [1.54, 1.807) is 6.21 Å². The molecule has 3 heterocycles. The second kappa shape index (κ2) is 8.51. The van der Waals surface area contributed by atoms with Crippen LogP contribution in [-0.4, -0.2) is 65.4 Å². The van der Waals surface area contributed by atoms with Gasteiger partial charge in [0.2, 0.25) is 11.8 Å². The maximum absolute atomic E-state index is 10.4. The number of fused-ring (bicyclic) bond motifs is 1. The molecule has 0 saturated carbocycles. The SMILES string of the molecule is CN(C)CCCN(C)c1nc(O)c(/C=C2/C=Nc3ncc(-c4ccccc4)cc32)[nH]1. The molecule has 0 aliphatic carbocycles. The number of hydrogen-bond donors (Lipinski definition) is 2. The Morgan fingerprint density at radius 3 is 2.63 bits per heavy atom. The number of rotatable bonds is 7. The maximum Gasteiger partial charge on any atom is 0.238 e. The lowest BCUT2D eigenvalue weighted by atomic mass is 10.0. The summed E-state index contributed by atoms with van der Waals surface area (Å²) in [7, 11) is 6.08. The summed E-state index contributed by atoms with van der Waals surface area (Å²) in [6.07, 6.45) is 6.48. The van der Waals surface area contributed by atoms with Gasteiger partial charge in [0.25, 0.3) is 0 Å². The Kier molecular flexibility index (Phi) is 5.63. The normalized spacial score (nSPS) is 13.9. The highest BCUT2D eigenvalue weighted by molar-refractivity contribution is 6.21. The van der Waals surface area contributed by atoms with Gasteiger partial charge in [-0.05, 0) is 44.8 Å². The monoisotopic (exact) mass is 402 g/mol. The molecule has 0 saturated heterocycles. The molecule has 0 amide bonds. The van der Waals surface area contributed by atoms with Gasteiger partial charge in [0.15, 0.2) is 5.82 Å². The molecule has 0 spiro atoms. The number of aromatic amines is 1. The first kappa shape index (κ1) is 19.8. The minimum Gasteiger partial charge on any atom is -0.492 e. The highest BCUT2D eigenvalue weighted by Gasteiger charge is 2.17. The number of allylic oxidation sites excluding steroid dienone is 1. The molecule has 0 unspecified atom stereocenters. The number of aromatic nitrogens is 3. The first-order valence-corrected chi connectivity index (χ1v) is 9.97. The van der Waals surface area contributed by atoms with Crippen molar-refractivity contribution < 1.29 is 5.11 Å². The Balaban J connectivity index is 1.57. The predicted molar refractivity (Wildman–Crippen MR) is 122 cm³/mol. The van der Waals surface area contributed by atoms with E-state index in [0.29, 0.717) is 17.5 Å². The van der Waals surface area contributed by atoms with Crippen molar-refractivity contribution in [1.29, 1.82) is 0 Å². The number of H-pyrrole nitrogens is 1. The number of nitrogens with one attached hydrogen (secondary N) is 1. The quantitative estimate of drug-likeness (QED) is 0.628. The van der Waals surface area contributed by atoms with Gasteiger partial charge in [-0.25, -0.2) is 9.98 Å². The van der Waals surface area contributed by atoms with Crippen LogP contribution in [0.25, 0.3) is 22.8 Å². The van der Waals surface area contributed by atoms with Gasteiger partial charge in [-0.3, -0.25) is 0 Å². The molecule has 0 fully saturated rings. The van der Waals surface area contributed by atoms with E-state index in [9.17, 15) is 5.11 Å². The standard InChI is InChI=1S/C23H26N6O/c1-28(2)10-7-11-29(3)23-26-20(22(30)27-23)13-18-15-25-21-19(18)12-17(14-24-21)16-8-5-4-6-9-16/h4-6,8-9,12-15,30H,7,10-11H2,1-3H3,(H,26,27)/b18-13-. The van der Waals surface area contributed by atoms with E-state index in [2.05, 4.69) is 57.1 Å². The first-order valence-electron chi connectivity index (χ1n) is 9.97. The summed E-state index contributed by atoms with van der Waals surface area (Å²) in [5, 5.41) is 10.4. The summed E-state index contributed by atoms with van der Waals surface area (Å²) < 4.78 is 0. The van der Waals surface area contributed by atoms with Crippen molar-refractivity contribution >= 4 is 29.6 Å². The smallest absolute Gasteiger partial charge is 0.238 e. The summed E-state index contributed by atoms with van der Waals surface area (Å²) in [5.74, 6) is 1.30. The molecule has 2 N–H and O–H groups in total. The number of imidazole rings is 1. The van der Waals surface area contributed by atoms with E-state index in [0.717, 1.165) is 41.8 Å². The molecular formula is C23H26N6O. The van der Waals surface area contributed by atoms with Crippen LogP contribution in [0.3, 0.4) is 0 Å². The second-order valence-electron chi connectivity index (χ2n) is 7.70. The van der Waals surface area contributed by atoms with E-state index in [1.165, 1.54) is 0 Å². The third-order valence-electron chi connectivity index (χ3n) is 5.07. The van der Waals surface area contributed by atoms with Crippen molar-refractivity contribution in [3.63, 3.8) is 0 Å². The fourth-order valence-corrected chi connectivity index (χ4v) is 3.41. The molecule has 7 heteroatoms. The number of pyridine rings is 1. The summed E-state index contributed by atoms with van der Waals surface area (Å²) in [4.78, 5) is 20.6. The Morgan fingerprint density at radius 1 is 1.07 bits per heavy atom. The molecule has 1 aliphatic rings. The molecule has 1 aromatic carbocycles. The molecule has 0 bridgehead atoms. The van der Waals surface area contributed by atoms with Gasteiger partial charge in [0.1, 0.15) is 5.69 Å². The summed E-state index contributed by atoms with van der Waals surface area (Å²) in [6.45, 7) is 1.84. The zero-order valence-electron chi connectivity index (χ0n) is 17.5. The zero-order chi connectivity index (χ0) is 21.1. The topological polar surface area (TPSA) is 80.6 Å². The van der Waals surface area contributed by atoms with Crippen molar-refractivity contribution in [2.24, 2.45) is 4.99 Å². The molecule has 0 atom stereocenters. The van der Waals surface area contributed by atoms with Crippen molar-refractivity contribution in [1.82, 2.24) is 19.9 Å². The van der Waals surface area contributed by atoms with E-state index in [-0.39, 0.29) is 5.88 Å². The van der Waals surface area contributed by atoms with Crippen LogP contribution in [0.4, 0.5) is 11.8 Å². The van der Waals surface area contributed by atoms with Gasteiger partial charge in [0, 0.05) is 42.7 Å². The van der Waals surface area contributed by atoms with E-state index in [1.807, 2.05) is 42.4 Å². The van der Waals surface area contributed by atoms with Crippen LogP contribution >= 0.6 is 0 Å². The number of nitrogens with zero attached hydrogens (tertiary/aromatic N) is 5. The first-order chi connectivity index (χ1) is 14.5. The van der Waals surface area contributed by atoms with Crippen LogP contribution in [0, 0.1) is 0 Å². The summed E-state index contributed by atoms with van der Waals surface area (Å²) in [5.41, 5.74) is 4.51. The lowest BCUT2D eigenvalue weighted by Gasteiger charge is -2.17. The highest BCUT2D eigenvalue weighted by Crippen LogP contribution is 2.35. The van der Waals surface area contributed by atoms with Crippen LogP contribution in [0.5, 0.6) is 5.88 Å². The summed E-state index contributed by atoms with van der Waals surface area (Å²) in [6, 6.07) is 12.2. The Bertz CT molecular complexity index is 1080. The van der Waals surface area contributed by atoms with E-state index < -0.39 is 0 Å². The predicted octanol–water partition coefficient (Wildman–Crippen LogP) is 3.82. The second-order valence-corrected chi connectivity index (χ2v) is 7.70. The Hall–Kier alpha value is -3.45. The number of aromatic hydroxyl groups is 1. The van der Waals surface area contributed by atoms with Crippen LogP contribution in [0.2, 0.25) is 0 Å². The lowest BCUT2D eigenvalue weighted by molar-refractivity contribution is 0.401.